The molecule has 126 valence electrons. The van der Waals surface area contributed by atoms with Crippen LogP contribution in [0.3, 0.4) is 0 Å². The first kappa shape index (κ1) is 17.3. The summed E-state index contributed by atoms with van der Waals surface area (Å²) in [6.45, 7) is 0.751. The molecule has 1 saturated heterocycles. The van der Waals surface area contributed by atoms with Crippen molar-refractivity contribution in [3.8, 4) is 0 Å². The maximum Gasteiger partial charge on any atom is 0.317 e. The lowest BCUT2D eigenvalue weighted by molar-refractivity contribution is -0.138. The molecule has 1 fully saturated rings. The summed E-state index contributed by atoms with van der Waals surface area (Å²) in [6, 6.07) is 3.27. The first-order chi connectivity index (χ1) is 10.9. The Kier molecular flexibility index (Phi) is 5.62. The van der Waals surface area contributed by atoms with Crippen LogP contribution in [0.5, 0.6) is 0 Å². The van der Waals surface area contributed by atoms with E-state index < -0.39 is 35.2 Å². The van der Waals surface area contributed by atoms with Crippen LogP contribution < -0.4 is 0 Å². The first-order valence-corrected chi connectivity index (χ1v) is 7.13. The van der Waals surface area contributed by atoms with E-state index in [0.29, 0.717) is 6.54 Å². The molecular formula is C15H18F2N2O4. The minimum Gasteiger partial charge on any atom is -0.480 e. The van der Waals surface area contributed by atoms with Crippen LogP contribution in [-0.4, -0.2) is 72.7 Å². The van der Waals surface area contributed by atoms with Gasteiger partial charge in [0.25, 0.3) is 5.91 Å². The Balaban J connectivity index is 2.03. The Hall–Kier alpha value is -2.06. The quantitative estimate of drug-likeness (QED) is 0.867. The predicted octanol–water partition coefficient (Wildman–Crippen LogP) is 0.822. The number of halogens is 2. The van der Waals surface area contributed by atoms with Crippen molar-refractivity contribution in [3.05, 3.63) is 35.4 Å². The van der Waals surface area contributed by atoms with Crippen LogP contribution in [0.1, 0.15) is 10.4 Å². The molecule has 1 aromatic carbocycles. The fourth-order valence-electron chi connectivity index (χ4n) is 2.52. The van der Waals surface area contributed by atoms with Crippen molar-refractivity contribution in [2.45, 2.75) is 6.10 Å². The number of amides is 1. The summed E-state index contributed by atoms with van der Waals surface area (Å²) in [4.78, 5) is 25.9. The monoisotopic (exact) mass is 328 g/mol. The molecule has 0 aliphatic carbocycles. The van der Waals surface area contributed by atoms with E-state index in [2.05, 4.69) is 0 Å². The molecule has 1 aliphatic rings. The fraction of sp³-hybridized carbons (Fsp3) is 0.467. The normalized spacial score (nSPS) is 18.3. The van der Waals surface area contributed by atoms with Gasteiger partial charge in [-0.25, -0.2) is 8.78 Å². The molecule has 0 aromatic heterocycles. The van der Waals surface area contributed by atoms with Gasteiger partial charge >= 0.3 is 5.97 Å². The number of carboxylic acids is 1. The summed E-state index contributed by atoms with van der Waals surface area (Å²) in [5, 5.41) is 8.73. The number of benzene rings is 1. The molecule has 1 heterocycles. The van der Waals surface area contributed by atoms with Crippen molar-refractivity contribution in [2.75, 3.05) is 39.8 Å². The number of likely N-dealkylation sites (N-methyl/N-ethyl adjacent to an activating group) is 1. The molecule has 0 saturated carbocycles. The van der Waals surface area contributed by atoms with Crippen molar-refractivity contribution < 1.29 is 28.2 Å². The number of nitrogens with zero attached hydrogens (tertiary/aromatic N) is 2. The molecule has 1 aliphatic heterocycles. The lowest BCUT2D eigenvalue weighted by Crippen LogP contribution is -2.50. The Morgan fingerprint density at radius 1 is 1.39 bits per heavy atom. The maximum atomic E-state index is 13.7. The Labute approximate surface area is 132 Å². The van der Waals surface area contributed by atoms with Crippen molar-refractivity contribution in [1.29, 1.82) is 0 Å². The van der Waals surface area contributed by atoms with E-state index in [1.54, 1.807) is 11.9 Å². The standard InChI is InChI=1S/C15H18F2N2O4/c1-18(9-13(20)21)7-10-8-19(5-6-23-10)15(22)14-11(16)3-2-4-12(14)17/h2-4,10H,5-9H2,1H3,(H,20,21). The fourth-order valence-corrected chi connectivity index (χ4v) is 2.52. The zero-order valence-electron chi connectivity index (χ0n) is 12.7. The van der Waals surface area contributed by atoms with E-state index in [-0.39, 0.29) is 26.2 Å². The number of hydrogen-bond acceptors (Lipinski definition) is 4. The molecule has 6 nitrogen and oxygen atoms in total. The van der Waals surface area contributed by atoms with Gasteiger partial charge in [-0.3, -0.25) is 14.5 Å². The number of carboxylic acid groups (broad SMARTS) is 1. The summed E-state index contributed by atoms with van der Waals surface area (Å²) in [6.07, 6.45) is -0.410. The van der Waals surface area contributed by atoms with Crippen molar-refractivity contribution in [1.82, 2.24) is 9.80 Å². The van der Waals surface area contributed by atoms with Crippen LogP contribution in [0.25, 0.3) is 0 Å². The van der Waals surface area contributed by atoms with Gasteiger partial charge in [0.2, 0.25) is 0 Å². The summed E-state index contributed by atoms with van der Waals surface area (Å²) in [5.74, 6) is -3.50. The average molecular weight is 328 g/mol. The van der Waals surface area contributed by atoms with Crippen LogP contribution >= 0.6 is 0 Å². The molecule has 1 aromatic rings. The van der Waals surface area contributed by atoms with E-state index >= 15 is 0 Å². The van der Waals surface area contributed by atoms with Crippen LogP contribution in [-0.2, 0) is 9.53 Å². The predicted molar refractivity (Wildman–Crippen MR) is 77.1 cm³/mol. The third-order valence-corrected chi connectivity index (χ3v) is 3.52. The van der Waals surface area contributed by atoms with Gasteiger partial charge < -0.3 is 14.7 Å². The van der Waals surface area contributed by atoms with Gasteiger partial charge in [-0.05, 0) is 19.2 Å². The lowest BCUT2D eigenvalue weighted by Gasteiger charge is -2.34. The second-order valence-electron chi connectivity index (χ2n) is 5.43. The maximum absolute atomic E-state index is 13.7. The van der Waals surface area contributed by atoms with Crippen LogP contribution in [0.4, 0.5) is 8.78 Å². The Bertz CT molecular complexity index is 577. The highest BCUT2D eigenvalue weighted by Gasteiger charge is 2.29. The van der Waals surface area contributed by atoms with Crippen molar-refractivity contribution in [3.63, 3.8) is 0 Å². The third-order valence-electron chi connectivity index (χ3n) is 3.52. The van der Waals surface area contributed by atoms with Crippen LogP contribution in [0, 0.1) is 11.6 Å². The smallest absolute Gasteiger partial charge is 0.317 e. The lowest BCUT2D eigenvalue weighted by atomic mass is 10.1. The summed E-state index contributed by atoms with van der Waals surface area (Å²) in [7, 11) is 1.62. The van der Waals surface area contributed by atoms with E-state index in [9.17, 15) is 18.4 Å². The summed E-state index contributed by atoms with van der Waals surface area (Å²) >= 11 is 0. The minimum absolute atomic E-state index is 0.149. The van der Waals surface area contributed by atoms with E-state index in [0.717, 1.165) is 12.1 Å². The van der Waals surface area contributed by atoms with E-state index in [1.807, 2.05) is 0 Å². The number of aliphatic carboxylic acids is 1. The zero-order chi connectivity index (χ0) is 17.0. The molecule has 8 heteroatoms. The van der Waals surface area contributed by atoms with Gasteiger partial charge in [0, 0.05) is 19.6 Å². The van der Waals surface area contributed by atoms with Crippen LogP contribution in [0.2, 0.25) is 0 Å². The second-order valence-corrected chi connectivity index (χ2v) is 5.43. The first-order valence-electron chi connectivity index (χ1n) is 7.13. The Morgan fingerprint density at radius 3 is 2.65 bits per heavy atom. The molecule has 0 bridgehead atoms. The van der Waals surface area contributed by atoms with Crippen molar-refractivity contribution in [2.24, 2.45) is 0 Å². The highest BCUT2D eigenvalue weighted by atomic mass is 19.1. The van der Waals surface area contributed by atoms with Gasteiger partial charge in [0.05, 0.1) is 19.3 Å². The minimum atomic E-state index is -0.968. The summed E-state index contributed by atoms with van der Waals surface area (Å²) in [5.41, 5.74) is -0.577. The molecule has 23 heavy (non-hydrogen) atoms. The molecule has 1 unspecified atom stereocenters. The van der Waals surface area contributed by atoms with Gasteiger partial charge in [0.1, 0.15) is 17.2 Å². The van der Waals surface area contributed by atoms with Gasteiger partial charge in [-0.1, -0.05) is 6.07 Å². The number of rotatable bonds is 5. The zero-order valence-corrected chi connectivity index (χ0v) is 12.7. The SMILES string of the molecule is CN(CC(=O)O)CC1CN(C(=O)c2c(F)cccc2F)CCO1. The number of carbonyl (C=O) groups is 2. The number of morpholine rings is 1. The highest BCUT2D eigenvalue weighted by Crippen LogP contribution is 2.17. The molecule has 1 atom stereocenters. The molecule has 1 N–H and O–H groups in total. The average Bonchev–Trinajstić information content (AvgIpc) is 2.46. The number of ether oxygens (including phenoxy) is 1. The van der Waals surface area contributed by atoms with Gasteiger partial charge in [-0.15, -0.1) is 0 Å². The Morgan fingerprint density at radius 2 is 2.04 bits per heavy atom. The van der Waals surface area contributed by atoms with Gasteiger partial charge in [-0.2, -0.15) is 0 Å². The van der Waals surface area contributed by atoms with E-state index in [1.165, 1.54) is 11.0 Å². The largest absolute Gasteiger partial charge is 0.480 e. The third kappa shape index (κ3) is 4.46. The molecular weight excluding hydrogens is 310 g/mol. The number of carbonyl (C=O) groups excluding carboxylic acids is 1. The molecule has 2 rings (SSSR count). The topological polar surface area (TPSA) is 70.1 Å². The van der Waals surface area contributed by atoms with E-state index in [4.69, 9.17) is 9.84 Å². The second kappa shape index (κ2) is 7.47. The van der Waals surface area contributed by atoms with Crippen LogP contribution in [0.15, 0.2) is 18.2 Å². The van der Waals surface area contributed by atoms with Crippen molar-refractivity contribution >= 4 is 11.9 Å². The van der Waals surface area contributed by atoms with Gasteiger partial charge in [0.15, 0.2) is 0 Å². The summed E-state index contributed by atoms with van der Waals surface area (Å²) < 4.78 is 32.9. The molecule has 0 spiro atoms. The number of hydrogen-bond donors (Lipinski definition) is 1. The highest BCUT2D eigenvalue weighted by molar-refractivity contribution is 5.94. The molecule has 1 amide bonds. The molecule has 0 radical (unpaired) electrons.